The van der Waals surface area contributed by atoms with E-state index in [2.05, 4.69) is 21.1 Å². The molecule has 18 heavy (non-hydrogen) atoms. The second kappa shape index (κ2) is 9.36. The van der Waals surface area contributed by atoms with E-state index in [1.165, 1.54) is 0 Å². The molecule has 100 valence electrons. The summed E-state index contributed by atoms with van der Waals surface area (Å²) in [5.74, 6) is 0.678. The van der Waals surface area contributed by atoms with Crippen LogP contribution in [-0.4, -0.2) is 24.7 Å². The smallest absolute Gasteiger partial charge is 0.129 e. The fraction of sp³-hybridized carbons (Fsp3) is 0.462. The molecule has 0 saturated carbocycles. The lowest BCUT2D eigenvalue weighted by Crippen LogP contribution is -2.08. The molecule has 0 aromatic heterocycles. The third-order valence-electron chi connectivity index (χ3n) is 2.36. The van der Waals surface area contributed by atoms with Crippen LogP contribution in [0.4, 0.5) is 0 Å². The summed E-state index contributed by atoms with van der Waals surface area (Å²) in [4.78, 5) is 5.18. The number of oxime groups is 1. The Balaban J connectivity index is 2.69. The van der Waals surface area contributed by atoms with Crippen molar-refractivity contribution in [3.8, 4) is 0 Å². The molecule has 0 bridgehead atoms. The summed E-state index contributed by atoms with van der Waals surface area (Å²) in [6, 6.07) is 8.04. The third-order valence-corrected chi connectivity index (χ3v) is 3.15. The highest BCUT2D eigenvalue weighted by atomic mass is 79.9. The summed E-state index contributed by atoms with van der Waals surface area (Å²) in [7, 11) is 0. The quantitative estimate of drug-likeness (QED) is 0.342. The van der Waals surface area contributed by atoms with Gasteiger partial charge in [0.1, 0.15) is 6.61 Å². The number of hydrogen-bond acceptors (Lipinski definition) is 3. The van der Waals surface area contributed by atoms with Gasteiger partial charge < -0.3 is 10.6 Å². The molecule has 2 N–H and O–H groups in total. The van der Waals surface area contributed by atoms with Gasteiger partial charge in [-0.05, 0) is 37.0 Å². The third kappa shape index (κ3) is 5.85. The van der Waals surface area contributed by atoms with Crippen molar-refractivity contribution in [2.75, 3.05) is 19.0 Å². The lowest BCUT2D eigenvalue weighted by molar-refractivity contribution is 0.152. The molecule has 0 atom stereocenters. The molecule has 1 aromatic rings. The van der Waals surface area contributed by atoms with E-state index in [9.17, 15) is 0 Å². The number of rotatable bonds is 8. The van der Waals surface area contributed by atoms with Crippen molar-refractivity contribution in [2.45, 2.75) is 19.3 Å². The largest absolute Gasteiger partial charge is 0.394 e. The Hall–Kier alpha value is -0.580. The van der Waals surface area contributed by atoms with Gasteiger partial charge in [0.2, 0.25) is 0 Å². The van der Waals surface area contributed by atoms with E-state index >= 15 is 0 Å². The van der Waals surface area contributed by atoms with Crippen LogP contribution in [0.25, 0.3) is 0 Å². The van der Waals surface area contributed by atoms with Crippen LogP contribution in [0.15, 0.2) is 33.9 Å². The van der Waals surface area contributed by atoms with Gasteiger partial charge in [-0.2, -0.15) is 0 Å². The van der Waals surface area contributed by atoms with Crippen molar-refractivity contribution >= 4 is 33.2 Å². The number of nitrogens with two attached hydrogens (primary N) is 1. The Kier molecular flexibility index (Phi) is 8.05. The van der Waals surface area contributed by atoms with Crippen LogP contribution < -0.4 is 5.73 Å². The average molecular weight is 334 g/mol. The molecule has 0 aliphatic carbocycles. The van der Waals surface area contributed by atoms with Crippen LogP contribution >= 0.6 is 27.5 Å². The first-order chi connectivity index (χ1) is 8.77. The molecule has 0 heterocycles. The number of nitrogens with zero attached hydrogens (tertiary/aromatic N) is 1. The lowest BCUT2D eigenvalue weighted by atomic mass is 10.1. The summed E-state index contributed by atoms with van der Waals surface area (Å²) in [6.07, 6.45) is 2.84. The number of hydrogen-bond donors (Lipinski definition) is 1. The second-order valence-electron chi connectivity index (χ2n) is 3.81. The predicted molar refractivity (Wildman–Crippen MR) is 80.3 cm³/mol. The Morgan fingerprint density at radius 3 is 2.61 bits per heavy atom. The lowest BCUT2D eigenvalue weighted by Gasteiger charge is -2.06. The molecular formula is C13H18BrClN2O. The van der Waals surface area contributed by atoms with E-state index in [4.69, 9.17) is 22.2 Å². The maximum atomic E-state index is 5.68. The molecule has 0 saturated heterocycles. The first-order valence-electron chi connectivity index (χ1n) is 5.98. The molecule has 5 heteroatoms. The normalized spacial score (nSPS) is 11.6. The van der Waals surface area contributed by atoms with Crippen LogP contribution in [0.1, 0.15) is 24.8 Å². The maximum absolute atomic E-state index is 5.68. The van der Waals surface area contributed by atoms with Gasteiger partial charge in [-0.15, -0.1) is 11.6 Å². The van der Waals surface area contributed by atoms with Crippen LogP contribution in [-0.2, 0) is 4.84 Å². The standard InChI is InChI=1S/C13H18BrClN2O/c14-12-6-4-11(5-7-12)13(3-1-2-8-15)17-18-10-9-16/h4-7H,1-3,8-10,16H2. The zero-order chi connectivity index (χ0) is 13.2. The minimum atomic E-state index is 0.440. The number of halogens is 2. The van der Waals surface area contributed by atoms with Crippen LogP contribution in [0.3, 0.4) is 0 Å². The SMILES string of the molecule is NCCON=C(CCCCCl)c1ccc(Br)cc1. The monoisotopic (exact) mass is 332 g/mol. The maximum Gasteiger partial charge on any atom is 0.129 e. The van der Waals surface area contributed by atoms with Crippen molar-refractivity contribution in [1.82, 2.24) is 0 Å². The first-order valence-corrected chi connectivity index (χ1v) is 7.31. The van der Waals surface area contributed by atoms with E-state index in [-0.39, 0.29) is 0 Å². The van der Waals surface area contributed by atoms with Gasteiger partial charge in [0.25, 0.3) is 0 Å². The van der Waals surface area contributed by atoms with Crippen LogP contribution in [0, 0.1) is 0 Å². The molecule has 1 aromatic carbocycles. The van der Waals surface area contributed by atoms with E-state index in [1.54, 1.807) is 0 Å². The van der Waals surface area contributed by atoms with Gasteiger partial charge in [-0.25, -0.2) is 0 Å². The zero-order valence-corrected chi connectivity index (χ0v) is 12.6. The average Bonchev–Trinajstić information content (AvgIpc) is 2.38. The van der Waals surface area contributed by atoms with Gasteiger partial charge in [0.15, 0.2) is 0 Å². The Morgan fingerprint density at radius 1 is 1.28 bits per heavy atom. The summed E-state index contributed by atoms with van der Waals surface area (Å²) < 4.78 is 1.05. The molecule has 0 radical (unpaired) electrons. The van der Waals surface area contributed by atoms with Gasteiger partial charge in [-0.1, -0.05) is 33.2 Å². The summed E-state index contributed by atoms with van der Waals surface area (Å²) in [6.45, 7) is 0.911. The summed E-state index contributed by atoms with van der Waals surface area (Å²) in [5, 5.41) is 4.16. The Bertz CT molecular complexity index is 368. The first kappa shape index (κ1) is 15.5. The molecule has 0 unspecified atom stereocenters. The molecule has 0 aliphatic rings. The van der Waals surface area contributed by atoms with E-state index in [1.807, 2.05) is 24.3 Å². The van der Waals surface area contributed by atoms with Gasteiger partial charge in [-0.3, -0.25) is 0 Å². The molecule has 1 rings (SSSR count). The highest BCUT2D eigenvalue weighted by Gasteiger charge is 2.04. The molecular weight excluding hydrogens is 316 g/mol. The van der Waals surface area contributed by atoms with Crippen LogP contribution in [0.5, 0.6) is 0 Å². The fourth-order valence-electron chi connectivity index (χ4n) is 1.45. The van der Waals surface area contributed by atoms with Gasteiger partial charge in [0.05, 0.1) is 5.71 Å². The molecule has 3 nitrogen and oxygen atoms in total. The van der Waals surface area contributed by atoms with Crippen molar-refractivity contribution in [2.24, 2.45) is 10.9 Å². The van der Waals surface area contributed by atoms with Crippen molar-refractivity contribution in [1.29, 1.82) is 0 Å². The summed E-state index contributed by atoms with van der Waals surface area (Å²) in [5.41, 5.74) is 7.40. The zero-order valence-electron chi connectivity index (χ0n) is 10.2. The minimum absolute atomic E-state index is 0.440. The topological polar surface area (TPSA) is 47.6 Å². The molecule has 0 fully saturated rings. The molecule has 0 aliphatic heterocycles. The highest BCUT2D eigenvalue weighted by molar-refractivity contribution is 9.10. The van der Waals surface area contributed by atoms with Crippen molar-refractivity contribution in [3.63, 3.8) is 0 Å². The Labute approximate surface area is 121 Å². The molecule has 0 spiro atoms. The second-order valence-corrected chi connectivity index (χ2v) is 5.11. The number of unbranched alkanes of at least 4 members (excludes halogenated alkanes) is 1. The van der Waals surface area contributed by atoms with Gasteiger partial charge in [0, 0.05) is 16.9 Å². The summed E-state index contributed by atoms with van der Waals surface area (Å²) >= 11 is 9.10. The van der Waals surface area contributed by atoms with E-state index < -0.39 is 0 Å². The van der Waals surface area contributed by atoms with Crippen molar-refractivity contribution < 1.29 is 4.84 Å². The number of alkyl halides is 1. The van der Waals surface area contributed by atoms with Gasteiger partial charge >= 0.3 is 0 Å². The fourth-order valence-corrected chi connectivity index (χ4v) is 1.90. The van der Waals surface area contributed by atoms with E-state index in [0.717, 1.165) is 35.0 Å². The minimum Gasteiger partial charge on any atom is -0.394 e. The van der Waals surface area contributed by atoms with E-state index in [0.29, 0.717) is 19.0 Å². The Morgan fingerprint density at radius 2 is 2.00 bits per heavy atom. The van der Waals surface area contributed by atoms with Crippen molar-refractivity contribution in [3.05, 3.63) is 34.3 Å². The highest BCUT2D eigenvalue weighted by Crippen LogP contribution is 2.14. The predicted octanol–water partition coefficient (Wildman–Crippen LogP) is 3.54. The number of benzene rings is 1. The molecule has 0 amide bonds. The van der Waals surface area contributed by atoms with Crippen LogP contribution in [0.2, 0.25) is 0 Å².